The number of halogens is 1. The van der Waals surface area contributed by atoms with Crippen LogP contribution in [0.15, 0.2) is 61.1 Å². The fourth-order valence-corrected chi connectivity index (χ4v) is 2.63. The largest absolute Gasteiger partial charge is 0.347 e. The van der Waals surface area contributed by atoms with E-state index in [-0.39, 0.29) is 5.91 Å². The number of rotatable bonds is 4. The molecule has 1 amide bonds. The molecule has 2 aromatic heterocycles. The number of aryl methyl sites for hydroxylation is 1. The van der Waals surface area contributed by atoms with E-state index in [1.165, 1.54) is 0 Å². The summed E-state index contributed by atoms with van der Waals surface area (Å²) in [6, 6.07) is 13.2. The minimum atomic E-state index is -0.118. The van der Waals surface area contributed by atoms with Crippen molar-refractivity contribution in [1.82, 2.24) is 14.9 Å². The zero-order chi connectivity index (χ0) is 16.2. The van der Waals surface area contributed by atoms with Crippen molar-refractivity contribution in [2.24, 2.45) is 7.05 Å². The zero-order valence-corrected chi connectivity index (χ0v) is 13.4. The van der Waals surface area contributed by atoms with Crippen LogP contribution in [0.3, 0.4) is 0 Å². The molecule has 1 aromatic carbocycles. The SMILES string of the molecule is Cn1cc(-c2ccncc2)cc1C(=O)NCc1cccc(Cl)c1. The number of amides is 1. The van der Waals surface area contributed by atoms with Crippen molar-refractivity contribution in [3.63, 3.8) is 0 Å². The van der Waals surface area contributed by atoms with E-state index in [1.54, 1.807) is 12.4 Å². The summed E-state index contributed by atoms with van der Waals surface area (Å²) in [6.07, 6.45) is 5.41. The van der Waals surface area contributed by atoms with Crippen LogP contribution in [0.25, 0.3) is 11.1 Å². The van der Waals surface area contributed by atoms with Gasteiger partial charge in [0, 0.05) is 42.8 Å². The number of benzene rings is 1. The van der Waals surface area contributed by atoms with Gasteiger partial charge in [-0.1, -0.05) is 23.7 Å². The number of pyridine rings is 1. The van der Waals surface area contributed by atoms with Gasteiger partial charge in [-0.2, -0.15) is 0 Å². The average Bonchev–Trinajstić information content (AvgIpc) is 2.95. The maximum Gasteiger partial charge on any atom is 0.268 e. The van der Waals surface area contributed by atoms with Gasteiger partial charge < -0.3 is 9.88 Å². The van der Waals surface area contributed by atoms with Gasteiger partial charge in [0.05, 0.1) is 0 Å². The number of nitrogens with zero attached hydrogens (tertiary/aromatic N) is 2. The van der Waals surface area contributed by atoms with Crippen molar-refractivity contribution >= 4 is 17.5 Å². The fraction of sp³-hybridized carbons (Fsp3) is 0.111. The molecule has 0 aliphatic heterocycles. The Morgan fingerprint density at radius 2 is 1.96 bits per heavy atom. The van der Waals surface area contributed by atoms with E-state index in [2.05, 4.69) is 10.3 Å². The molecule has 0 aliphatic rings. The molecule has 4 nitrogen and oxygen atoms in total. The lowest BCUT2D eigenvalue weighted by molar-refractivity contribution is 0.0943. The summed E-state index contributed by atoms with van der Waals surface area (Å²) >= 11 is 5.95. The predicted octanol–water partition coefficient (Wildman–Crippen LogP) is 3.67. The maximum absolute atomic E-state index is 12.4. The number of carbonyl (C=O) groups excluding carboxylic acids is 1. The number of hydrogen-bond donors (Lipinski definition) is 1. The van der Waals surface area contributed by atoms with Gasteiger partial charge in [-0.3, -0.25) is 9.78 Å². The Bertz CT molecular complexity index is 827. The normalized spacial score (nSPS) is 10.5. The summed E-state index contributed by atoms with van der Waals surface area (Å²) in [5, 5.41) is 3.58. The van der Waals surface area contributed by atoms with Crippen LogP contribution in [0.2, 0.25) is 5.02 Å². The van der Waals surface area contributed by atoms with Crippen LogP contribution >= 0.6 is 11.6 Å². The highest BCUT2D eigenvalue weighted by atomic mass is 35.5. The highest BCUT2D eigenvalue weighted by molar-refractivity contribution is 6.30. The third-order valence-corrected chi connectivity index (χ3v) is 3.83. The first-order valence-electron chi connectivity index (χ1n) is 7.23. The summed E-state index contributed by atoms with van der Waals surface area (Å²) in [5.41, 5.74) is 3.60. The third kappa shape index (κ3) is 3.60. The summed E-state index contributed by atoms with van der Waals surface area (Å²) in [7, 11) is 1.86. The molecule has 0 radical (unpaired) electrons. The Labute approximate surface area is 139 Å². The molecule has 5 heteroatoms. The van der Waals surface area contributed by atoms with Crippen LogP contribution < -0.4 is 5.32 Å². The molecular weight excluding hydrogens is 310 g/mol. The summed E-state index contributed by atoms with van der Waals surface area (Å²) in [4.78, 5) is 16.4. The van der Waals surface area contributed by atoms with Crippen molar-refractivity contribution in [3.05, 3.63) is 77.3 Å². The van der Waals surface area contributed by atoms with Crippen molar-refractivity contribution in [1.29, 1.82) is 0 Å². The van der Waals surface area contributed by atoms with Gasteiger partial charge in [-0.05, 0) is 41.5 Å². The van der Waals surface area contributed by atoms with E-state index in [9.17, 15) is 4.79 Å². The van der Waals surface area contributed by atoms with E-state index in [1.807, 2.05) is 60.3 Å². The highest BCUT2D eigenvalue weighted by Gasteiger charge is 2.12. The molecule has 3 aromatic rings. The molecule has 0 aliphatic carbocycles. The lowest BCUT2D eigenvalue weighted by Crippen LogP contribution is -2.24. The molecule has 116 valence electrons. The van der Waals surface area contributed by atoms with Crippen LogP contribution in [0.5, 0.6) is 0 Å². The van der Waals surface area contributed by atoms with Crippen LogP contribution in [-0.4, -0.2) is 15.5 Å². The molecular formula is C18H16ClN3O. The van der Waals surface area contributed by atoms with E-state index in [4.69, 9.17) is 11.6 Å². The highest BCUT2D eigenvalue weighted by Crippen LogP contribution is 2.21. The molecule has 0 fully saturated rings. The number of nitrogens with one attached hydrogen (secondary N) is 1. The molecule has 0 atom stereocenters. The molecule has 0 saturated carbocycles. The van der Waals surface area contributed by atoms with E-state index in [0.717, 1.165) is 16.7 Å². The molecule has 0 spiro atoms. The van der Waals surface area contributed by atoms with E-state index < -0.39 is 0 Å². The number of aromatic nitrogens is 2. The third-order valence-electron chi connectivity index (χ3n) is 3.59. The van der Waals surface area contributed by atoms with Crippen molar-refractivity contribution in [2.45, 2.75) is 6.54 Å². The van der Waals surface area contributed by atoms with Crippen molar-refractivity contribution in [2.75, 3.05) is 0 Å². The molecule has 0 bridgehead atoms. The second-order valence-electron chi connectivity index (χ2n) is 5.27. The Morgan fingerprint density at radius 1 is 1.17 bits per heavy atom. The van der Waals surface area contributed by atoms with Gasteiger partial charge in [0.25, 0.3) is 5.91 Å². The van der Waals surface area contributed by atoms with Crippen molar-refractivity contribution in [3.8, 4) is 11.1 Å². The van der Waals surface area contributed by atoms with Gasteiger partial charge >= 0.3 is 0 Å². The van der Waals surface area contributed by atoms with E-state index in [0.29, 0.717) is 17.3 Å². The van der Waals surface area contributed by atoms with E-state index >= 15 is 0 Å². The Hall–Kier alpha value is -2.59. The second-order valence-corrected chi connectivity index (χ2v) is 5.71. The van der Waals surface area contributed by atoms with Crippen LogP contribution in [0, 0.1) is 0 Å². The smallest absolute Gasteiger partial charge is 0.268 e. The van der Waals surface area contributed by atoms with Gasteiger partial charge in [0.15, 0.2) is 0 Å². The van der Waals surface area contributed by atoms with Gasteiger partial charge in [0.1, 0.15) is 5.69 Å². The van der Waals surface area contributed by atoms with Crippen LogP contribution in [0.4, 0.5) is 0 Å². The summed E-state index contributed by atoms with van der Waals surface area (Å²) in [6.45, 7) is 0.440. The molecule has 3 rings (SSSR count). The standard InChI is InChI=1S/C18H16ClN3O/c1-22-12-15(14-5-7-20-8-6-14)10-17(22)18(23)21-11-13-3-2-4-16(19)9-13/h2-10,12H,11H2,1H3,(H,21,23). The molecule has 2 heterocycles. The molecule has 1 N–H and O–H groups in total. The maximum atomic E-state index is 12.4. The molecule has 0 saturated heterocycles. The minimum Gasteiger partial charge on any atom is -0.347 e. The Morgan fingerprint density at radius 3 is 2.70 bits per heavy atom. The Balaban J connectivity index is 1.74. The summed E-state index contributed by atoms with van der Waals surface area (Å²) < 4.78 is 1.82. The monoisotopic (exact) mass is 325 g/mol. The Kier molecular flexibility index (Phi) is 4.44. The van der Waals surface area contributed by atoms with Gasteiger partial charge in [-0.25, -0.2) is 0 Å². The van der Waals surface area contributed by atoms with Gasteiger partial charge in [-0.15, -0.1) is 0 Å². The molecule has 0 unspecified atom stereocenters. The van der Waals surface area contributed by atoms with Crippen LogP contribution in [-0.2, 0) is 13.6 Å². The quantitative estimate of drug-likeness (QED) is 0.795. The summed E-state index contributed by atoms with van der Waals surface area (Å²) in [5.74, 6) is -0.118. The molecule has 23 heavy (non-hydrogen) atoms. The zero-order valence-electron chi connectivity index (χ0n) is 12.7. The van der Waals surface area contributed by atoms with Gasteiger partial charge in [0.2, 0.25) is 0 Å². The lowest BCUT2D eigenvalue weighted by Gasteiger charge is -2.06. The fourth-order valence-electron chi connectivity index (χ4n) is 2.41. The minimum absolute atomic E-state index is 0.118. The first kappa shape index (κ1) is 15.3. The second kappa shape index (κ2) is 6.67. The predicted molar refractivity (Wildman–Crippen MR) is 91.3 cm³/mol. The number of carbonyl (C=O) groups is 1. The van der Waals surface area contributed by atoms with Crippen LogP contribution in [0.1, 0.15) is 16.1 Å². The lowest BCUT2D eigenvalue weighted by atomic mass is 10.1. The topological polar surface area (TPSA) is 46.9 Å². The first-order chi connectivity index (χ1) is 11.1. The van der Waals surface area contributed by atoms with Crippen molar-refractivity contribution < 1.29 is 4.79 Å². The number of hydrogen-bond acceptors (Lipinski definition) is 2. The average molecular weight is 326 g/mol. The first-order valence-corrected chi connectivity index (χ1v) is 7.61.